The molecule has 0 heterocycles. The van der Waals surface area contributed by atoms with Crippen LogP contribution in [-0.2, 0) is 23.2 Å². The van der Waals surface area contributed by atoms with Gasteiger partial charge < -0.3 is 24.8 Å². The molecule has 1 atom stereocenters. The van der Waals surface area contributed by atoms with Gasteiger partial charge in [-0.25, -0.2) is 0 Å². The summed E-state index contributed by atoms with van der Waals surface area (Å²) in [6.07, 6.45) is 2.84. The first-order valence-corrected chi connectivity index (χ1v) is 25.8. The van der Waals surface area contributed by atoms with Crippen molar-refractivity contribution in [3.8, 4) is 11.1 Å². The molecule has 2 aromatic rings. The SMILES string of the molecule is Cc1ccc2c(c1)[CH]([Zr+2][C]1=C([Si](C)(C)C)C([Si](C)(C)C)=CC1[Si](C)(C)C)c1cc(C)ccc1-2.[Cl-].[Cl-]. The second kappa shape index (κ2) is 10.7. The van der Waals surface area contributed by atoms with Crippen LogP contribution in [0.4, 0.5) is 0 Å². The van der Waals surface area contributed by atoms with E-state index in [2.05, 4.69) is 115 Å². The molecule has 0 fully saturated rings. The second-order valence-electron chi connectivity index (χ2n) is 13.5. The van der Waals surface area contributed by atoms with E-state index in [1.54, 1.807) is 11.1 Å². The summed E-state index contributed by atoms with van der Waals surface area (Å²) in [6, 6.07) is 14.5. The number of aryl methyl sites for hydroxylation is 2. The Morgan fingerprint density at radius 2 is 1.11 bits per heavy atom. The summed E-state index contributed by atoms with van der Waals surface area (Å²) in [5, 5.41) is 3.77. The Balaban J connectivity index is 0.00000216. The van der Waals surface area contributed by atoms with Gasteiger partial charge in [0.15, 0.2) is 0 Å². The standard InChI is InChI=1S/C15H13.C14H29Si3.2ClH.Zr/c1-10-3-5-14-12(7-10)9-13-8-11(2)4-6-15(13)14;1-15(2,3)12-10-13(16(4,5)6)14(11-12)17(7,8)9;;;/h3-9H,1-2H3;10,12H,1-9H3;2*1H;/q;;;;+2/p-2. The molecular formula is C29H42Cl2Si3Zr. The smallest absolute Gasteiger partial charge is 1.00 e. The molecule has 0 aromatic heterocycles. The average Bonchev–Trinajstić information content (AvgIpc) is 3.18. The molecule has 0 saturated carbocycles. The number of allylic oxidation sites excluding steroid dienone is 4. The Labute approximate surface area is 241 Å². The number of halogens is 2. The molecule has 0 amide bonds. The summed E-state index contributed by atoms with van der Waals surface area (Å²) in [5.74, 6) is 0. The fraction of sp³-hybridized carbons (Fsp3) is 0.448. The maximum Gasteiger partial charge on any atom is -1.00 e. The van der Waals surface area contributed by atoms with Gasteiger partial charge in [-0.3, -0.25) is 0 Å². The van der Waals surface area contributed by atoms with Crippen molar-refractivity contribution in [2.24, 2.45) is 0 Å². The number of hydrogen-bond donors (Lipinski definition) is 0. The molecule has 4 rings (SSSR count). The van der Waals surface area contributed by atoms with E-state index in [9.17, 15) is 0 Å². The normalized spacial score (nSPS) is 17.8. The third kappa shape index (κ3) is 6.04. The Kier molecular flexibility index (Phi) is 9.52. The van der Waals surface area contributed by atoms with E-state index >= 15 is 0 Å². The van der Waals surface area contributed by atoms with Crippen LogP contribution in [0, 0.1) is 13.8 Å². The van der Waals surface area contributed by atoms with Gasteiger partial charge in [0, 0.05) is 0 Å². The first-order chi connectivity index (χ1) is 15.1. The van der Waals surface area contributed by atoms with Crippen molar-refractivity contribution in [1.29, 1.82) is 0 Å². The van der Waals surface area contributed by atoms with Crippen LogP contribution in [0.15, 0.2) is 56.1 Å². The molecular weight excluding hydrogens is 595 g/mol. The summed E-state index contributed by atoms with van der Waals surface area (Å²) in [5.41, 5.74) is 9.89. The van der Waals surface area contributed by atoms with Crippen molar-refractivity contribution in [2.75, 3.05) is 0 Å². The maximum atomic E-state index is 2.84. The van der Waals surface area contributed by atoms with E-state index in [1.165, 1.54) is 22.3 Å². The van der Waals surface area contributed by atoms with Crippen LogP contribution < -0.4 is 24.8 Å². The van der Waals surface area contributed by atoms with Gasteiger partial charge in [0.2, 0.25) is 0 Å². The summed E-state index contributed by atoms with van der Waals surface area (Å²) in [7, 11) is -4.19. The predicted octanol–water partition coefficient (Wildman–Crippen LogP) is 3.12. The predicted molar refractivity (Wildman–Crippen MR) is 152 cm³/mol. The Bertz CT molecular complexity index is 1130. The Morgan fingerprint density at radius 1 is 0.657 bits per heavy atom. The molecule has 0 saturated heterocycles. The molecule has 6 heteroatoms. The largest absolute Gasteiger partial charge is 1.00 e. The quantitative estimate of drug-likeness (QED) is 0.443. The molecule has 1 unspecified atom stereocenters. The van der Waals surface area contributed by atoms with Gasteiger partial charge in [-0.2, -0.15) is 0 Å². The molecule has 35 heavy (non-hydrogen) atoms. The van der Waals surface area contributed by atoms with Gasteiger partial charge in [0.05, 0.1) is 0 Å². The minimum Gasteiger partial charge on any atom is -1.00 e. The molecule has 188 valence electrons. The molecule has 2 aliphatic carbocycles. The fourth-order valence-corrected chi connectivity index (χ4v) is 24.6. The van der Waals surface area contributed by atoms with Crippen molar-refractivity contribution in [1.82, 2.24) is 0 Å². The molecule has 0 nitrogen and oxygen atoms in total. The van der Waals surface area contributed by atoms with Crippen LogP contribution >= 0.6 is 0 Å². The van der Waals surface area contributed by atoms with E-state index in [4.69, 9.17) is 0 Å². The topological polar surface area (TPSA) is 0 Å². The van der Waals surface area contributed by atoms with Gasteiger partial charge in [-0.05, 0) is 0 Å². The van der Waals surface area contributed by atoms with Gasteiger partial charge in [0.1, 0.15) is 0 Å². The zero-order valence-electron chi connectivity index (χ0n) is 23.5. The first kappa shape index (κ1) is 31.3. The summed E-state index contributed by atoms with van der Waals surface area (Å²) in [4.78, 5) is 0. The van der Waals surface area contributed by atoms with Crippen molar-refractivity contribution < 1.29 is 48.0 Å². The molecule has 0 spiro atoms. The third-order valence-corrected chi connectivity index (χ3v) is 19.6. The van der Waals surface area contributed by atoms with Gasteiger partial charge >= 0.3 is 219 Å². The fourth-order valence-electron chi connectivity index (χ4n) is 5.72. The minimum absolute atomic E-state index is 0. The van der Waals surface area contributed by atoms with Gasteiger partial charge in [-0.1, -0.05) is 0 Å². The number of benzene rings is 2. The van der Waals surface area contributed by atoms with Crippen LogP contribution in [0.5, 0.6) is 0 Å². The minimum atomic E-state index is -1.45. The molecule has 0 aliphatic heterocycles. The van der Waals surface area contributed by atoms with Gasteiger partial charge in [0.25, 0.3) is 0 Å². The van der Waals surface area contributed by atoms with Crippen molar-refractivity contribution in [2.45, 2.75) is 81.9 Å². The molecule has 2 aromatic carbocycles. The third-order valence-electron chi connectivity index (χ3n) is 7.30. The molecule has 2 aliphatic rings. The van der Waals surface area contributed by atoms with E-state index in [-0.39, 0.29) is 24.8 Å². The van der Waals surface area contributed by atoms with E-state index in [1.807, 2.05) is 13.7 Å². The van der Waals surface area contributed by atoms with Crippen LogP contribution in [0.3, 0.4) is 0 Å². The van der Waals surface area contributed by atoms with Crippen LogP contribution in [0.1, 0.15) is 25.9 Å². The first-order valence-electron chi connectivity index (χ1n) is 12.5. The van der Waals surface area contributed by atoms with E-state index in [0.717, 1.165) is 5.54 Å². The average molecular weight is 637 g/mol. The zero-order valence-corrected chi connectivity index (χ0v) is 30.4. The monoisotopic (exact) mass is 634 g/mol. The Morgan fingerprint density at radius 3 is 1.49 bits per heavy atom. The Hall–Kier alpha value is 0.0338. The van der Waals surface area contributed by atoms with Crippen LogP contribution in [0.2, 0.25) is 64.5 Å². The zero-order chi connectivity index (χ0) is 24.5. The number of rotatable bonds is 5. The van der Waals surface area contributed by atoms with Crippen molar-refractivity contribution >= 4 is 24.2 Å². The number of fused-ring (bicyclic) bond motifs is 3. The van der Waals surface area contributed by atoms with E-state index in [0.29, 0.717) is 3.63 Å². The van der Waals surface area contributed by atoms with Gasteiger partial charge in [-0.15, -0.1) is 0 Å². The maximum absolute atomic E-state index is 2.84. The van der Waals surface area contributed by atoms with Crippen LogP contribution in [-0.4, -0.2) is 24.2 Å². The molecule has 0 bridgehead atoms. The van der Waals surface area contributed by atoms with E-state index < -0.39 is 47.5 Å². The summed E-state index contributed by atoms with van der Waals surface area (Å²) in [6.45, 7) is 28.0. The summed E-state index contributed by atoms with van der Waals surface area (Å²) >= 11 is -0.893. The van der Waals surface area contributed by atoms with Crippen molar-refractivity contribution in [3.05, 3.63) is 78.4 Å². The van der Waals surface area contributed by atoms with Crippen LogP contribution in [0.25, 0.3) is 11.1 Å². The second-order valence-corrected chi connectivity index (χ2v) is 32.3. The molecule has 0 radical (unpaired) electrons. The van der Waals surface area contributed by atoms with Crippen molar-refractivity contribution in [3.63, 3.8) is 0 Å². The summed E-state index contributed by atoms with van der Waals surface area (Å²) < 4.78 is 2.66. The molecule has 0 N–H and O–H groups in total. The number of hydrogen-bond acceptors (Lipinski definition) is 0.